The molecule has 0 spiro atoms. The number of aryl methyl sites for hydroxylation is 1. The van der Waals surface area contributed by atoms with Crippen molar-refractivity contribution in [2.24, 2.45) is 0 Å². The Morgan fingerprint density at radius 3 is 1.77 bits per heavy atom. The number of aromatic nitrogens is 3. The van der Waals surface area contributed by atoms with Gasteiger partial charge in [0, 0.05) is 88.9 Å². The largest absolute Gasteiger partial charge is 0.312 e. The average Bonchev–Trinajstić information content (AvgIpc) is 3.93. The first-order valence-electron chi connectivity index (χ1n) is 27.4. The molecule has 2 aliphatic heterocycles. The summed E-state index contributed by atoms with van der Waals surface area (Å²) in [6.07, 6.45) is 12.9. The van der Waals surface area contributed by atoms with Crippen LogP contribution in [0.2, 0.25) is 0 Å². The summed E-state index contributed by atoms with van der Waals surface area (Å²) < 4.78 is 7.58. The lowest BCUT2D eigenvalue weighted by Gasteiger charge is -2.31. The molecule has 1 aliphatic carbocycles. The van der Waals surface area contributed by atoms with Gasteiger partial charge in [-0.3, -0.25) is 0 Å². The number of rotatable bonds is 7. The van der Waals surface area contributed by atoms with Gasteiger partial charge in [-0.25, -0.2) is 0 Å². The predicted octanol–water partition coefficient (Wildman–Crippen LogP) is 17.3. The summed E-state index contributed by atoms with van der Waals surface area (Å²) in [6, 6.07) is 85.2. The van der Waals surface area contributed by atoms with Crippen molar-refractivity contribution in [3.05, 3.63) is 294 Å². The Kier molecular flexibility index (Phi) is 9.82. The van der Waals surface area contributed by atoms with Crippen LogP contribution in [0.3, 0.4) is 0 Å². The Morgan fingerprint density at radius 2 is 1.06 bits per heavy atom. The van der Waals surface area contributed by atoms with E-state index in [0.29, 0.717) is 0 Å². The van der Waals surface area contributed by atoms with E-state index in [9.17, 15) is 0 Å². The predicted molar refractivity (Wildman–Crippen MR) is 325 cm³/mol. The standard InChI is InChI=1S/C73H53N5/c1-47-42-65-68(55-34-18-20-36-62(55)75(65)51-28-12-5-13-29-51)72-67(47)58-45-54(39-40-64(58)76(72)52-30-14-6-15-31-52)77-63-37-21-19-35-56(63)69-70(77)57(46-59-71(69)78(53-32-16-7-17-33-53)66-38-22-23-41-73(59,66)2)50-43-60(48-24-8-3-9-25-48)74-61(44-50)49-26-10-4-11-27-49/h3-40,42-46,60,74H,41H2,1-2H3/p+1. The van der Waals surface area contributed by atoms with E-state index in [1.165, 1.54) is 122 Å². The number of hydrogen-bond acceptors (Lipinski definition) is 1. The average molecular weight is 1000 g/mol. The molecule has 0 saturated carbocycles. The van der Waals surface area contributed by atoms with Gasteiger partial charge in [0.05, 0.1) is 38.8 Å². The van der Waals surface area contributed by atoms with Gasteiger partial charge in [-0.1, -0.05) is 152 Å². The smallest absolute Gasteiger partial charge is 0.138 e. The summed E-state index contributed by atoms with van der Waals surface area (Å²) in [5.74, 6) is 0. The van der Waals surface area contributed by atoms with Crippen LogP contribution in [0.1, 0.15) is 47.2 Å². The number of anilines is 2. The molecule has 3 aromatic heterocycles. The molecule has 3 aliphatic rings. The molecule has 10 aromatic carbocycles. The van der Waals surface area contributed by atoms with Crippen LogP contribution in [0.15, 0.2) is 267 Å². The minimum absolute atomic E-state index is 0.0557. The van der Waals surface area contributed by atoms with Gasteiger partial charge in [-0.05, 0) is 140 Å². The van der Waals surface area contributed by atoms with Crippen LogP contribution in [0, 0.1) is 6.92 Å². The van der Waals surface area contributed by atoms with Crippen LogP contribution >= 0.6 is 0 Å². The number of nitrogens with zero attached hydrogens (tertiary/aromatic N) is 4. The van der Waals surface area contributed by atoms with E-state index >= 15 is 0 Å². The third kappa shape index (κ3) is 6.46. The van der Waals surface area contributed by atoms with Crippen LogP contribution in [0.4, 0.5) is 11.4 Å². The lowest BCUT2D eigenvalue weighted by atomic mass is 9.75. The number of nitrogens with two attached hydrogens (primary N) is 1. The van der Waals surface area contributed by atoms with Gasteiger partial charge < -0.3 is 23.9 Å². The molecule has 16 rings (SSSR count). The lowest BCUT2D eigenvalue weighted by Crippen LogP contribution is -2.82. The van der Waals surface area contributed by atoms with Gasteiger partial charge in [0.15, 0.2) is 0 Å². The molecule has 5 heterocycles. The second-order valence-electron chi connectivity index (χ2n) is 21.6. The van der Waals surface area contributed by atoms with E-state index in [2.05, 4.69) is 299 Å². The van der Waals surface area contributed by atoms with E-state index in [-0.39, 0.29) is 11.5 Å². The van der Waals surface area contributed by atoms with Gasteiger partial charge in [0.25, 0.3) is 0 Å². The summed E-state index contributed by atoms with van der Waals surface area (Å²) in [5, 5.41) is 9.92. The molecular formula is C73H54N5+. The van der Waals surface area contributed by atoms with Gasteiger partial charge in [0.1, 0.15) is 11.7 Å². The number of fused-ring (bicyclic) bond motifs is 14. The summed E-state index contributed by atoms with van der Waals surface area (Å²) in [6.45, 7) is 4.78. The molecule has 2 unspecified atom stereocenters. The molecule has 0 fully saturated rings. The molecule has 0 amide bonds. The summed E-state index contributed by atoms with van der Waals surface area (Å²) >= 11 is 0. The molecule has 2 N–H and O–H groups in total. The number of benzene rings is 10. The maximum atomic E-state index is 2.60. The Morgan fingerprint density at radius 1 is 0.487 bits per heavy atom. The highest BCUT2D eigenvalue weighted by molar-refractivity contribution is 6.28. The fraction of sp³-hybridized carbons (Fsp3) is 0.0685. The summed E-state index contributed by atoms with van der Waals surface area (Å²) in [7, 11) is 0. The zero-order chi connectivity index (χ0) is 51.6. The van der Waals surface area contributed by atoms with Gasteiger partial charge in [-0.15, -0.1) is 0 Å². The van der Waals surface area contributed by atoms with Crippen molar-refractivity contribution in [2.75, 3.05) is 4.90 Å². The first-order valence-corrected chi connectivity index (χ1v) is 27.4. The van der Waals surface area contributed by atoms with Gasteiger partial charge in [-0.2, -0.15) is 0 Å². The Labute approximate surface area is 452 Å². The molecular weight excluding hydrogens is 947 g/mol. The molecule has 13 aromatic rings. The molecule has 5 heteroatoms. The van der Waals surface area contributed by atoms with Crippen molar-refractivity contribution in [3.8, 4) is 17.1 Å². The van der Waals surface area contributed by atoms with Crippen molar-refractivity contribution in [2.45, 2.75) is 31.7 Å². The van der Waals surface area contributed by atoms with Crippen LogP contribution in [-0.4, -0.2) is 13.7 Å². The monoisotopic (exact) mass is 1000 g/mol. The molecule has 5 nitrogen and oxygen atoms in total. The maximum absolute atomic E-state index is 2.60. The van der Waals surface area contributed by atoms with E-state index < -0.39 is 0 Å². The summed E-state index contributed by atoms with van der Waals surface area (Å²) in [5.41, 5.74) is 22.8. The van der Waals surface area contributed by atoms with Crippen molar-refractivity contribution in [1.82, 2.24) is 13.7 Å². The van der Waals surface area contributed by atoms with Gasteiger partial charge in [0.2, 0.25) is 0 Å². The molecule has 370 valence electrons. The van der Waals surface area contributed by atoms with Gasteiger partial charge >= 0.3 is 0 Å². The van der Waals surface area contributed by atoms with Crippen LogP contribution < -0.4 is 10.2 Å². The fourth-order valence-corrected chi connectivity index (χ4v) is 13.8. The highest BCUT2D eigenvalue weighted by atomic mass is 15.2. The maximum Gasteiger partial charge on any atom is 0.138 e. The SMILES string of the molecule is Cc1cc2c(c3ccccc3n2-c2ccccc2)c2c1c1cc(-n3c4ccccc4c4c5c(cc(C6=CC(c7ccccc7)[NH2+]C(c7ccccc7)=C6)c43)C3(C)CC=CC=C3N5c3ccccc3)ccc1n2-c1ccccc1. The van der Waals surface area contributed by atoms with Crippen LogP contribution in [0.5, 0.6) is 0 Å². The van der Waals surface area contributed by atoms with E-state index in [1.54, 1.807) is 0 Å². The normalized spacial score (nSPS) is 17.1. The van der Waals surface area contributed by atoms with Crippen molar-refractivity contribution >= 4 is 88.1 Å². The van der Waals surface area contributed by atoms with Crippen LogP contribution in [-0.2, 0) is 5.41 Å². The topological polar surface area (TPSA) is 34.6 Å². The number of hydrogen-bond donors (Lipinski definition) is 1. The zero-order valence-electron chi connectivity index (χ0n) is 43.5. The number of allylic oxidation sites excluding steroid dienone is 6. The molecule has 78 heavy (non-hydrogen) atoms. The highest BCUT2D eigenvalue weighted by Crippen LogP contribution is 2.59. The highest BCUT2D eigenvalue weighted by Gasteiger charge is 2.47. The third-order valence-corrected chi connectivity index (χ3v) is 17.2. The number of quaternary nitrogens is 1. The third-order valence-electron chi connectivity index (χ3n) is 17.2. The second-order valence-corrected chi connectivity index (χ2v) is 21.6. The Bertz CT molecular complexity index is 4730. The Balaban J connectivity index is 1.05. The van der Waals surface area contributed by atoms with E-state index in [0.717, 1.165) is 23.5 Å². The fourth-order valence-electron chi connectivity index (χ4n) is 13.8. The minimum Gasteiger partial charge on any atom is -0.312 e. The van der Waals surface area contributed by atoms with Crippen molar-refractivity contribution < 1.29 is 5.32 Å². The minimum atomic E-state index is -0.275. The first-order chi connectivity index (χ1) is 38.5. The quantitative estimate of drug-likeness (QED) is 0.170. The number of para-hydroxylation sites is 5. The lowest BCUT2D eigenvalue weighted by molar-refractivity contribution is -0.598. The second kappa shape index (κ2) is 17.2. The molecule has 0 saturated heterocycles. The summed E-state index contributed by atoms with van der Waals surface area (Å²) in [4.78, 5) is 2.58. The van der Waals surface area contributed by atoms with E-state index in [1.807, 2.05) is 0 Å². The first kappa shape index (κ1) is 44.6. The molecule has 0 radical (unpaired) electrons. The van der Waals surface area contributed by atoms with Crippen LogP contribution in [0.25, 0.3) is 93.7 Å². The Hall–Kier alpha value is -9.68. The molecule has 2 atom stereocenters. The van der Waals surface area contributed by atoms with Crippen molar-refractivity contribution in [3.63, 3.8) is 0 Å². The zero-order valence-corrected chi connectivity index (χ0v) is 43.5. The molecule has 0 bridgehead atoms. The van der Waals surface area contributed by atoms with Crippen molar-refractivity contribution in [1.29, 1.82) is 0 Å². The van der Waals surface area contributed by atoms with E-state index in [4.69, 9.17) is 0 Å².